The Bertz CT molecular complexity index is 513. The van der Waals surface area contributed by atoms with Crippen LogP contribution in [0.3, 0.4) is 0 Å². The molecular formula is C13H18N2O4. The fourth-order valence-electron chi connectivity index (χ4n) is 2.85. The van der Waals surface area contributed by atoms with Crippen LogP contribution in [0.2, 0.25) is 0 Å². The first-order valence-corrected chi connectivity index (χ1v) is 6.64. The largest absolute Gasteiger partial charge is 0.391 e. The number of aliphatic hydroxyl groups excluding tert-OH is 1. The zero-order valence-corrected chi connectivity index (χ0v) is 10.6. The van der Waals surface area contributed by atoms with Crippen molar-refractivity contribution >= 4 is 0 Å². The molecule has 104 valence electrons. The summed E-state index contributed by atoms with van der Waals surface area (Å²) in [6.07, 6.45) is 4.34. The number of hydrogen-bond acceptors (Lipinski definition) is 5. The third-order valence-corrected chi connectivity index (χ3v) is 3.98. The summed E-state index contributed by atoms with van der Waals surface area (Å²) in [5.41, 5.74) is -1.35. The summed E-state index contributed by atoms with van der Waals surface area (Å²) in [5, 5.41) is 20.6. The Morgan fingerprint density at radius 3 is 2.89 bits per heavy atom. The van der Waals surface area contributed by atoms with Gasteiger partial charge in [-0.15, -0.1) is 0 Å². The normalized spacial score (nSPS) is 35.9. The van der Waals surface area contributed by atoms with Crippen molar-refractivity contribution in [1.29, 1.82) is 0 Å². The second kappa shape index (κ2) is 4.70. The van der Waals surface area contributed by atoms with Gasteiger partial charge in [0.2, 0.25) is 0 Å². The Morgan fingerprint density at radius 2 is 2.21 bits per heavy atom. The molecule has 1 aromatic heterocycles. The Balaban J connectivity index is 1.89. The lowest BCUT2D eigenvalue weighted by Gasteiger charge is -2.30. The van der Waals surface area contributed by atoms with Crippen molar-refractivity contribution < 1.29 is 14.9 Å². The van der Waals surface area contributed by atoms with Gasteiger partial charge < -0.3 is 14.9 Å². The Kier molecular flexibility index (Phi) is 3.16. The zero-order chi connectivity index (χ0) is 13.5. The minimum absolute atomic E-state index is 0.126. The first-order valence-electron chi connectivity index (χ1n) is 6.64. The van der Waals surface area contributed by atoms with Crippen molar-refractivity contribution in [3.05, 3.63) is 28.9 Å². The molecule has 1 saturated heterocycles. The lowest BCUT2D eigenvalue weighted by molar-refractivity contribution is -0.0575. The number of hydrogen-bond donors (Lipinski definition) is 2. The summed E-state index contributed by atoms with van der Waals surface area (Å²) >= 11 is 0. The highest BCUT2D eigenvalue weighted by atomic mass is 16.5. The standard InChI is InChI=1S/C13H18N2O4/c16-10-6-13(18,9-2-3-9)7-11(19-8-10)15-5-1-4-14-12(15)17/h1,4-5,9-11,16,18H,2-3,6-8H2/t10?,11-,13-/m1/s1. The van der Waals surface area contributed by atoms with E-state index in [4.69, 9.17) is 4.74 Å². The molecular weight excluding hydrogens is 248 g/mol. The topological polar surface area (TPSA) is 84.6 Å². The predicted octanol–water partition coefficient (Wildman–Crippen LogP) is 0.0543. The summed E-state index contributed by atoms with van der Waals surface area (Å²) < 4.78 is 6.95. The molecule has 3 atom stereocenters. The van der Waals surface area contributed by atoms with Gasteiger partial charge in [-0.1, -0.05) is 0 Å². The summed E-state index contributed by atoms with van der Waals surface area (Å²) in [7, 11) is 0. The minimum Gasteiger partial charge on any atom is -0.391 e. The molecule has 0 amide bonds. The highest BCUT2D eigenvalue weighted by Gasteiger charge is 2.48. The van der Waals surface area contributed by atoms with Crippen LogP contribution in [0.4, 0.5) is 0 Å². The van der Waals surface area contributed by atoms with E-state index in [1.165, 1.54) is 10.8 Å². The van der Waals surface area contributed by atoms with Crippen LogP contribution in [0, 0.1) is 5.92 Å². The smallest absolute Gasteiger partial charge is 0.349 e. The van der Waals surface area contributed by atoms with Gasteiger partial charge in [-0.3, -0.25) is 4.57 Å². The molecule has 0 radical (unpaired) electrons. The third kappa shape index (κ3) is 2.56. The lowest BCUT2D eigenvalue weighted by Crippen LogP contribution is -2.38. The molecule has 2 N–H and O–H groups in total. The molecule has 1 aliphatic carbocycles. The second-order valence-electron chi connectivity index (χ2n) is 5.54. The first kappa shape index (κ1) is 12.8. The number of nitrogens with zero attached hydrogens (tertiary/aromatic N) is 2. The van der Waals surface area contributed by atoms with E-state index in [9.17, 15) is 15.0 Å². The van der Waals surface area contributed by atoms with Crippen molar-refractivity contribution in [3.63, 3.8) is 0 Å². The van der Waals surface area contributed by atoms with Crippen LogP contribution in [0.5, 0.6) is 0 Å². The summed E-state index contributed by atoms with van der Waals surface area (Å²) in [5.74, 6) is 0.207. The first-order chi connectivity index (χ1) is 9.08. The van der Waals surface area contributed by atoms with Crippen LogP contribution in [-0.4, -0.2) is 38.1 Å². The van der Waals surface area contributed by atoms with Crippen LogP contribution in [-0.2, 0) is 4.74 Å². The molecule has 3 rings (SSSR count). The lowest BCUT2D eigenvalue weighted by atomic mass is 9.87. The maximum Gasteiger partial charge on any atom is 0.349 e. The van der Waals surface area contributed by atoms with Gasteiger partial charge in [-0.25, -0.2) is 9.78 Å². The van der Waals surface area contributed by atoms with Gasteiger partial charge >= 0.3 is 5.69 Å². The number of rotatable bonds is 2. The van der Waals surface area contributed by atoms with E-state index in [1.807, 2.05) is 0 Å². The number of ether oxygens (including phenoxy) is 1. The number of aromatic nitrogens is 2. The Labute approximate surface area is 110 Å². The number of aliphatic hydroxyl groups is 2. The quantitative estimate of drug-likeness (QED) is 0.790. The van der Waals surface area contributed by atoms with Crippen LogP contribution in [0.15, 0.2) is 23.3 Å². The van der Waals surface area contributed by atoms with E-state index in [2.05, 4.69) is 4.98 Å². The van der Waals surface area contributed by atoms with Crippen molar-refractivity contribution in [1.82, 2.24) is 9.55 Å². The van der Waals surface area contributed by atoms with Gasteiger partial charge in [0, 0.05) is 25.2 Å². The van der Waals surface area contributed by atoms with E-state index in [0.29, 0.717) is 12.8 Å². The molecule has 1 saturated carbocycles. The van der Waals surface area contributed by atoms with Crippen LogP contribution >= 0.6 is 0 Å². The van der Waals surface area contributed by atoms with Gasteiger partial charge in [0.1, 0.15) is 6.23 Å². The van der Waals surface area contributed by atoms with Crippen molar-refractivity contribution in [2.45, 2.75) is 43.6 Å². The Morgan fingerprint density at radius 1 is 1.42 bits per heavy atom. The highest BCUT2D eigenvalue weighted by molar-refractivity contribution is 4.99. The van der Waals surface area contributed by atoms with Crippen LogP contribution < -0.4 is 5.69 Å². The predicted molar refractivity (Wildman–Crippen MR) is 66.4 cm³/mol. The van der Waals surface area contributed by atoms with Crippen LogP contribution in [0.25, 0.3) is 0 Å². The third-order valence-electron chi connectivity index (χ3n) is 3.98. The van der Waals surface area contributed by atoms with Crippen molar-refractivity contribution in [3.8, 4) is 0 Å². The molecule has 0 spiro atoms. The molecule has 1 unspecified atom stereocenters. The molecule has 6 heteroatoms. The minimum atomic E-state index is -0.949. The molecule has 2 aliphatic rings. The Hall–Kier alpha value is -1.24. The van der Waals surface area contributed by atoms with Gasteiger partial charge in [-0.05, 0) is 24.8 Å². The van der Waals surface area contributed by atoms with E-state index < -0.39 is 23.6 Å². The molecule has 0 aromatic carbocycles. The van der Waals surface area contributed by atoms with Crippen LogP contribution in [0.1, 0.15) is 31.9 Å². The summed E-state index contributed by atoms with van der Waals surface area (Å²) in [6, 6.07) is 1.66. The van der Waals surface area contributed by atoms with Gasteiger partial charge in [0.25, 0.3) is 0 Å². The molecule has 2 fully saturated rings. The fourth-order valence-corrected chi connectivity index (χ4v) is 2.85. The maximum atomic E-state index is 11.7. The molecule has 1 aromatic rings. The van der Waals surface area contributed by atoms with Gasteiger partial charge in [0.15, 0.2) is 0 Å². The average molecular weight is 266 g/mol. The van der Waals surface area contributed by atoms with E-state index in [-0.39, 0.29) is 12.5 Å². The highest BCUT2D eigenvalue weighted by Crippen LogP contribution is 2.47. The summed E-state index contributed by atoms with van der Waals surface area (Å²) in [4.78, 5) is 15.4. The molecule has 6 nitrogen and oxygen atoms in total. The van der Waals surface area contributed by atoms with Crippen molar-refractivity contribution in [2.75, 3.05) is 6.61 Å². The summed E-state index contributed by atoms with van der Waals surface area (Å²) in [6.45, 7) is 0.126. The van der Waals surface area contributed by atoms with Crippen molar-refractivity contribution in [2.24, 2.45) is 5.92 Å². The monoisotopic (exact) mass is 266 g/mol. The second-order valence-corrected chi connectivity index (χ2v) is 5.54. The molecule has 2 heterocycles. The van der Waals surface area contributed by atoms with Gasteiger partial charge in [-0.2, -0.15) is 0 Å². The maximum absolute atomic E-state index is 11.7. The molecule has 0 bridgehead atoms. The fraction of sp³-hybridized carbons (Fsp3) is 0.692. The van der Waals surface area contributed by atoms with E-state index >= 15 is 0 Å². The van der Waals surface area contributed by atoms with Gasteiger partial charge in [0.05, 0.1) is 18.3 Å². The zero-order valence-electron chi connectivity index (χ0n) is 10.6. The molecule has 1 aliphatic heterocycles. The van der Waals surface area contributed by atoms with E-state index in [1.54, 1.807) is 12.3 Å². The SMILES string of the molecule is O=c1ncccn1[C@H]1C[C@@](O)(C2CC2)CC(O)CO1. The van der Waals surface area contributed by atoms with E-state index in [0.717, 1.165) is 12.8 Å². The average Bonchev–Trinajstić information content (AvgIpc) is 3.18. The molecule has 19 heavy (non-hydrogen) atoms.